The molecule has 0 unspecified atom stereocenters. The van der Waals surface area contributed by atoms with E-state index in [4.69, 9.17) is 19.2 Å². The van der Waals surface area contributed by atoms with E-state index in [0.717, 1.165) is 16.5 Å². The van der Waals surface area contributed by atoms with Crippen molar-refractivity contribution in [2.45, 2.75) is 0 Å². The van der Waals surface area contributed by atoms with E-state index in [-0.39, 0.29) is 0 Å². The Morgan fingerprint density at radius 3 is 2.43 bits per heavy atom. The highest BCUT2D eigenvalue weighted by Crippen LogP contribution is 2.39. The molecule has 0 amide bonds. The van der Waals surface area contributed by atoms with Crippen molar-refractivity contribution in [3.8, 4) is 28.7 Å². The smallest absolute Gasteiger partial charge is 0.141 e. The van der Waals surface area contributed by atoms with Gasteiger partial charge in [0.05, 0.1) is 37.5 Å². The van der Waals surface area contributed by atoms with E-state index in [0.29, 0.717) is 22.6 Å². The number of benzene rings is 2. The van der Waals surface area contributed by atoms with Gasteiger partial charge in [-0.25, -0.2) is 0 Å². The molecule has 4 heteroatoms. The Hall–Kier alpha value is -2.93. The molecular weight excluding hydrogens is 266 g/mol. The Morgan fingerprint density at radius 1 is 1.05 bits per heavy atom. The summed E-state index contributed by atoms with van der Waals surface area (Å²) in [5, 5.41) is 9.76. The maximum absolute atomic E-state index is 8.87. The summed E-state index contributed by atoms with van der Waals surface area (Å²) in [4.78, 5) is 0. The van der Waals surface area contributed by atoms with E-state index in [1.165, 1.54) is 0 Å². The highest BCUT2D eigenvalue weighted by Gasteiger charge is 2.15. The van der Waals surface area contributed by atoms with Gasteiger partial charge in [0.2, 0.25) is 0 Å². The third-order valence-corrected chi connectivity index (χ3v) is 3.39. The lowest BCUT2D eigenvalue weighted by atomic mass is 10.0. The van der Waals surface area contributed by atoms with E-state index >= 15 is 0 Å². The molecular formula is C17H13NO3. The second-order valence-corrected chi connectivity index (χ2v) is 4.54. The van der Waals surface area contributed by atoms with Crippen LogP contribution in [0.1, 0.15) is 5.56 Å². The zero-order chi connectivity index (χ0) is 14.8. The summed E-state index contributed by atoms with van der Waals surface area (Å²) in [6.45, 7) is 0. The number of furan rings is 1. The third-order valence-electron chi connectivity index (χ3n) is 3.39. The van der Waals surface area contributed by atoms with Crippen molar-refractivity contribution in [2.24, 2.45) is 0 Å². The molecule has 3 aromatic rings. The second-order valence-electron chi connectivity index (χ2n) is 4.54. The van der Waals surface area contributed by atoms with Crippen LogP contribution in [-0.2, 0) is 0 Å². The first-order valence-corrected chi connectivity index (χ1v) is 6.40. The first-order chi connectivity index (χ1) is 10.3. The predicted molar refractivity (Wildman–Crippen MR) is 79.5 cm³/mol. The quantitative estimate of drug-likeness (QED) is 0.727. The summed E-state index contributed by atoms with van der Waals surface area (Å²) in [5.74, 6) is 1.37. The molecule has 3 rings (SSSR count). The van der Waals surface area contributed by atoms with Gasteiger partial charge >= 0.3 is 0 Å². The Morgan fingerprint density at radius 2 is 1.81 bits per heavy atom. The van der Waals surface area contributed by atoms with Crippen molar-refractivity contribution in [3.63, 3.8) is 0 Å². The van der Waals surface area contributed by atoms with Crippen molar-refractivity contribution in [3.05, 3.63) is 48.2 Å². The lowest BCUT2D eigenvalue weighted by molar-refractivity contribution is 0.397. The molecule has 0 atom stereocenters. The number of nitrogens with zero attached hydrogens (tertiary/aromatic N) is 1. The molecule has 0 spiro atoms. The summed E-state index contributed by atoms with van der Waals surface area (Å²) in [5.41, 5.74) is 3.22. The molecule has 4 nitrogen and oxygen atoms in total. The van der Waals surface area contributed by atoms with Crippen molar-refractivity contribution >= 4 is 11.0 Å². The highest BCUT2D eigenvalue weighted by molar-refractivity contribution is 5.99. The van der Waals surface area contributed by atoms with Crippen LogP contribution in [0.15, 0.2) is 47.1 Å². The standard InChI is InChI=1S/C17H13NO3/c1-19-13-7-15(20-2)17-14(10-21-16(17)8-13)12-5-3-11(9-18)4-6-12/h3-8,10H,1-2H3. The minimum Gasteiger partial charge on any atom is -0.496 e. The van der Waals surface area contributed by atoms with Gasteiger partial charge in [-0.1, -0.05) is 12.1 Å². The van der Waals surface area contributed by atoms with Gasteiger partial charge in [-0.3, -0.25) is 0 Å². The number of fused-ring (bicyclic) bond motifs is 1. The molecule has 0 fully saturated rings. The van der Waals surface area contributed by atoms with Crippen LogP contribution in [0.4, 0.5) is 0 Å². The van der Waals surface area contributed by atoms with Crippen LogP contribution in [0.5, 0.6) is 11.5 Å². The average Bonchev–Trinajstić information content (AvgIpc) is 2.97. The monoisotopic (exact) mass is 279 g/mol. The molecule has 104 valence electrons. The van der Waals surface area contributed by atoms with Gasteiger partial charge in [0.25, 0.3) is 0 Å². The second kappa shape index (κ2) is 5.22. The number of hydrogen-bond acceptors (Lipinski definition) is 4. The fraction of sp³-hybridized carbons (Fsp3) is 0.118. The Labute approximate surface area is 122 Å². The van der Waals surface area contributed by atoms with Gasteiger partial charge in [-0.05, 0) is 17.7 Å². The molecule has 21 heavy (non-hydrogen) atoms. The molecule has 0 aliphatic carbocycles. The van der Waals surface area contributed by atoms with Gasteiger partial charge in [-0.15, -0.1) is 0 Å². The summed E-state index contributed by atoms with van der Waals surface area (Å²) < 4.78 is 16.3. The number of hydrogen-bond donors (Lipinski definition) is 0. The van der Waals surface area contributed by atoms with E-state index in [9.17, 15) is 0 Å². The van der Waals surface area contributed by atoms with E-state index in [1.807, 2.05) is 24.3 Å². The lowest BCUT2D eigenvalue weighted by Gasteiger charge is -2.07. The summed E-state index contributed by atoms with van der Waals surface area (Å²) in [6, 6.07) is 13.1. The Kier molecular flexibility index (Phi) is 3.25. The zero-order valence-electron chi connectivity index (χ0n) is 11.7. The first kappa shape index (κ1) is 13.1. The molecule has 0 N–H and O–H groups in total. The molecule has 2 aromatic carbocycles. The van der Waals surface area contributed by atoms with Gasteiger partial charge in [-0.2, -0.15) is 5.26 Å². The molecule has 0 saturated heterocycles. The number of nitriles is 1. The molecule has 1 aromatic heterocycles. The summed E-state index contributed by atoms with van der Waals surface area (Å²) in [7, 11) is 3.22. The molecule has 0 radical (unpaired) electrons. The molecule has 0 aliphatic heterocycles. The van der Waals surface area contributed by atoms with E-state index < -0.39 is 0 Å². The number of rotatable bonds is 3. The maximum Gasteiger partial charge on any atom is 0.141 e. The normalized spacial score (nSPS) is 10.3. The average molecular weight is 279 g/mol. The Balaban J connectivity index is 2.21. The van der Waals surface area contributed by atoms with Crippen LogP contribution in [0, 0.1) is 11.3 Å². The van der Waals surface area contributed by atoms with Crippen LogP contribution in [-0.4, -0.2) is 14.2 Å². The minimum atomic E-state index is 0.625. The topological polar surface area (TPSA) is 55.4 Å². The SMILES string of the molecule is COc1cc(OC)c2c(-c3ccc(C#N)cc3)coc2c1. The summed E-state index contributed by atoms with van der Waals surface area (Å²) in [6.07, 6.45) is 1.69. The van der Waals surface area contributed by atoms with Gasteiger partial charge in [0.15, 0.2) is 0 Å². The third kappa shape index (κ3) is 2.19. The van der Waals surface area contributed by atoms with Gasteiger partial charge < -0.3 is 13.9 Å². The largest absolute Gasteiger partial charge is 0.496 e. The molecule has 0 bridgehead atoms. The first-order valence-electron chi connectivity index (χ1n) is 6.40. The van der Waals surface area contributed by atoms with Crippen LogP contribution in [0.25, 0.3) is 22.1 Å². The van der Waals surface area contributed by atoms with Crippen LogP contribution < -0.4 is 9.47 Å². The van der Waals surface area contributed by atoms with Crippen LogP contribution in [0.2, 0.25) is 0 Å². The van der Waals surface area contributed by atoms with Gasteiger partial charge in [0.1, 0.15) is 17.1 Å². The lowest BCUT2D eigenvalue weighted by Crippen LogP contribution is -1.88. The van der Waals surface area contributed by atoms with E-state index in [2.05, 4.69) is 6.07 Å². The fourth-order valence-corrected chi connectivity index (χ4v) is 2.32. The Bertz CT molecular complexity index is 826. The number of methoxy groups -OCH3 is 2. The zero-order valence-corrected chi connectivity index (χ0v) is 11.7. The van der Waals surface area contributed by atoms with Crippen molar-refractivity contribution in [1.82, 2.24) is 0 Å². The van der Waals surface area contributed by atoms with Crippen molar-refractivity contribution < 1.29 is 13.9 Å². The van der Waals surface area contributed by atoms with Crippen LogP contribution in [0.3, 0.4) is 0 Å². The minimum absolute atomic E-state index is 0.625. The number of ether oxygens (including phenoxy) is 2. The maximum atomic E-state index is 8.87. The van der Waals surface area contributed by atoms with Crippen molar-refractivity contribution in [1.29, 1.82) is 5.26 Å². The highest BCUT2D eigenvalue weighted by atomic mass is 16.5. The van der Waals surface area contributed by atoms with E-state index in [1.54, 1.807) is 32.6 Å². The predicted octanol–water partition coefficient (Wildman–Crippen LogP) is 3.99. The molecule has 0 aliphatic rings. The summed E-state index contributed by atoms with van der Waals surface area (Å²) >= 11 is 0. The molecule has 0 saturated carbocycles. The van der Waals surface area contributed by atoms with Crippen LogP contribution >= 0.6 is 0 Å². The molecule has 1 heterocycles. The fourth-order valence-electron chi connectivity index (χ4n) is 2.32. The van der Waals surface area contributed by atoms with Gasteiger partial charge in [0, 0.05) is 17.7 Å². The van der Waals surface area contributed by atoms with Crippen molar-refractivity contribution in [2.75, 3.05) is 14.2 Å².